The summed E-state index contributed by atoms with van der Waals surface area (Å²) in [5, 5.41) is 11.7. The van der Waals surface area contributed by atoms with Crippen molar-refractivity contribution in [2.75, 3.05) is 13.3 Å². The molecular weight excluding hydrogens is 347 g/mol. The van der Waals surface area contributed by atoms with Crippen LogP contribution in [-0.2, 0) is 17.9 Å². The Hall–Kier alpha value is -2.51. The van der Waals surface area contributed by atoms with Crippen LogP contribution in [0.1, 0.15) is 42.4 Å². The zero-order valence-corrected chi connectivity index (χ0v) is 15.3. The summed E-state index contributed by atoms with van der Waals surface area (Å²) in [5.74, 6) is 0.228. The van der Waals surface area contributed by atoms with Crippen molar-refractivity contribution < 1.29 is 13.9 Å². The molecule has 1 aromatic carbocycles. The van der Waals surface area contributed by atoms with E-state index in [0.29, 0.717) is 31.4 Å². The van der Waals surface area contributed by atoms with Crippen molar-refractivity contribution in [2.45, 2.75) is 38.8 Å². The van der Waals surface area contributed by atoms with Crippen LogP contribution >= 0.6 is 0 Å². The lowest BCUT2D eigenvalue weighted by Gasteiger charge is -2.12. The van der Waals surface area contributed by atoms with Crippen molar-refractivity contribution in [3.8, 4) is 5.88 Å². The van der Waals surface area contributed by atoms with Crippen LogP contribution in [0.4, 0.5) is 4.39 Å². The Morgan fingerprint density at radius 1 is 1.30 bits per heavy atom. The fourth-order valence-electron chi connectivity index (χ4n) is 3.27. The topological polar surface area (TPSA) is 72.1 Å². The van der Waals surface area contributed by atoms with Gasteiger partial charge in [-0.15, -0.1) is 0 Å². The Bertz CT molecular complexity index is 923. The van der Waals surface area contributed by atoms with Gasteiger partial charge in [-0.1, -0.05) is 6.07 Å². The largest absolute Gasteiger partial charge is 0.476 e. The fraction of sp³-hybridized carbons (Fsp3) is 0.400. The maximum atomic E-state index is 13.8. The molecule has 0 unspecified atom stereocenters. The maximum Gasteiger partial charge on any atom is 0.250 e. The number of aromatic nitrogens is 3. The quantitative estimate of drug-likeness (QED) is 0.444. The van der Waals surface area contributed by atoms with Gasteiger partial charge in [0.2, 0.25) is 5.88 Å². The summed E-state index contributed by atoms with van der Waals surface area (Å²) in [6.45, 7) is 3.54. The zero-order valence-electron chi connectivity index (χ0n) is 15.3. The van der Waals surface area contributed by atoms with E-state index < -0.39 is 5.82 Å². The highest BCUT2D eigenvalue weighted by molar-refractivity contribution is 5.83. The first-order valence-electron chi connectivity index (χ1n) is 9.26. The number of nitrogens with zero attached hydrogens (tertiary/aromatic N) is 2. The molecule has 7 heteroatoms. The lowest BCUT2D eigenvalue weighted by molar-refractivity contribution is 0.102. The van der Waals surface area contributed by atoms with Gasteiger partial charge in [0.25, 0.3) is 0 Å². The van der Waals surface area contributed by atoms with E-state index in [1.807, 2.05) is 6.20 Å². The molecule has 0 saturated heterocycles. The SMILES string of the molecule is CCOc1ncc(COCNCc2c(C3CC3)ccc3[nH]ncc23)cc1F. The molecule has 4 rings (SSSR count). The van der Waals surface area contributed by atoms with Crippen LogP contribution in [0.3, 0.4) is 0 Å². The van der Waals surface area contributed by atoms with E-state index in [4.69, 9.17) is 9.47 Å². The van der Waals surface area contributed by atoms with E-state index in [-0.39, 0.29) is 12.5 Å². The van der Waals surface area contributed by atoms with E-state index in [2.05, 4.69) is 32.6 Å². The summed E-state index contributed by atoms with van der Waals surface area (Å²) >= 11 is 0. The van der Waals surface area contributed by atoms with E-state index in [9.17, 15) is 4.39 Å². The Kier molecular flexibility index (Phi) is 5.31. The van der Waals surface area contributed by atoms with Crippen LogP contribution in [0, 0.1) is 5.82 Å². The number of nitrogens with one attached hydrogen (secondary N) is 2. The average Bonchev–Trinajstić information content (AvgIpc) is 3.40. The normalized spacial score (nSPS) is 14.0. The number of halogens is 1. The van der Waals surface area contributed by atoms with Crippen molar-refractivity contribution in [3.05, 3.63) is 53.1 Å². The first kappa shape index (κ1) is 17.9. The predicted molar refractivity (Wildman–Crippen MR) is 99.9 cm³/mol. The predicted octanol–water partition coefficient (Wildman–Crippen LogP) is 3.64. The number of pyridine rings is 1. The third kappa shape index (κ3) is 4.09. The van der Waals surface area contributed by atoms with Gasteiger partial charge in [0.1, 0.15) is 0 Å². The number of ether oxygens (including phenoxy) is 2. The van der Waals surface area contributed by atoms with Crippen molar-refractivity contribution in [3.63, 3.8) is 0 Å². The molecule has 1 saturated carbocycles. The number of H-pyrrole nitrogens is 1. The number of hydrogen-bond donors (Lipinski definition) is 2. The Labute approximate surface area is 157 Å². The summed E-state index contributed by atoms with van der Waals surface area (Å²) in [6, 6.07) is 5.70. The highest BCUT2D eigenvalue weighted by atomic mass is 19.1. The summed E-state index contributed by atoms with van der Waals surface area (Å²) in [5.41, 5.74) is 4.40. The van der Waals surface area contributed by atoms with Gasteiger partial charge in [0.05, 0.1) is 31.7 Å². The molecule has 0 aliphatic heterocycles. The lowest BCUT2D eigenvalue weighted by Crippen LogP contribution is -2.18. The molecule has 3 aromatic rings. The number of fused-ring (bicyclic) bond motifs is 1. The molecule has 1 aliphatic carbocycles. The monoisotopic (exact) mass is 370 g/mol. The Morgan fingerprint density at radius 3 is 2.96 bits per heavy atom. The van der Waals surface area contributed by atoms with E-state index in [0.717, 1.165) is 10.9 Å². The molecule has 2 aromatic heterocycles. The molecule has 2 heterocycles. The molecule has 0 spiro atoms. The van der Waals surface area contributed by atoms with Crippen LogP contribution in [0.15, 0.2) is 30.6 Å². The number of hydrogen-bond acceptors (Lipinski definition) is 5. The van der Waals surface area contributed by atoms with Crippen molar-refractivity contribution in [2.24, 2.45) is 0 Å². The van der Waals surface area contributed by atoms with Crippen LogP contribution in [0.5, 0.6) is 5.88 Å². The standard InChI is InChI=1S/C20H23FN4O2/c1-2-27-20-18(21)7-13(8-23-20)11-26-12-22-9-16-15(14-3-4-14)5-6-19-17(16)10-24-25-19/h5-8,10,14,22H,2-4,9,11-12H2,1H3,(H,24,25). The van der Waals surface area contributed by atoms with Gasteiger partial charge in [-0.3, -0.25) is 10.4 Å². The van der Waals surface area contributed by atoms with E-state index >= 15 is 0 Å². The molecule has 1 aliphatic rings. The van der Waals surface area contributed by atoms with Gasteiger partial charge in [-0.05, 0) is 54.5 Å². The molecule has 0 atom stereocenters. The van der Waals surface area contributed by atoms with Gasteiger partial charge in [-0.25, -0.2) is 9.37 Å². The van der Waals surface area contributed by atoms with Crippen LogP contribution in [0.25, 0.3) is 10.9 Å². The second-order valence-electron chi connectivity index (χ2n) is 6.72. The fourth-order valence-corrected chi connectivity index (χ4v) is 3.27. The molecule has 0 amide bonds. The third-order valence-corrected chi connectivity index (χ3v) is 4.71. The molecule has 27 heavy (non-hydrogen) atoms. The average molecular weight is 370 g/mol. The second-order valence-corrected chi connectivity index (χ2v) is 6.72. The first-order valence-corrected chi connectivity index (χ1v) is 9.26. The molecule has 1 fully saturated rings. The number of aromatic amines is 1. The Balaban J connectivity index is 1.32. The van der Waals surface area contributed by atoms with Crippen molar-refractivity contribution >= 4 is 10.9 Å². The first-order chi connectivity index (χ1) is 13.3. The van der Waals surface area contributed by atoms with Crippen molar-refractivity contribution in [1.82, 2.24) is 20.5 Å². The highest BCUT2D eigenvalue weighted by Gasteiger charge is 2.26. The number of rotatable bonds is 9. The van der Waals surface area contributed by atoms with Gasteiger partial charge in [-0.2, -0.15) is 5.10 Å². The lowest BCUT2D eigenvalue weighted by atomic mass is 9.99. The zero-order chi connectivity index (χ0) is 18.6. The summed E-state index contributed by atoms with van der Waals surface area (Å²) in [4.78, 5) is 3.97. The smallest absolute Gasteiger partial charge is 0.250 e. The summed E-state index contributed by atoms with van der Waals surface area (Å²) in [7, 11) is 0. The highest BCUT2D eigenvalue weighted by Crippen LogP contribution is 2.43. The molecule has 2 N–H and O–H groups in total. The van der Waals surface area contributed by atoms with Gasteiger partial charge in [0, 0.05) is 18.1 Å². The maximum absolute atomic E-state index is 13.8. The third-order valence-electron chi connectivity index (χ3n) is 4.71. The van der Waals surface area contributed by atoms with Gasteiger partial charge in [0.15, 0.2) is 5.82 Å². The molecular formula is C20H23FN4O2. The van der Waals surface area contributed by atoms with Crippen LogP contribution < -0.4 is 10.1 Å². The van der Waals surface area contributed by atoms with E-state index in [1.54, 1.807) is 13.1 Å². The summed E-state index contributed by atoms with van der Waals surface area (Å²) < 4.78 is 24.5. The molecule has 0 bridgehead atoms. The molecule has 142 valence electrons. The van der Waals surface area contributed by atoms with Crippen LogP contribution in [-0.4, -0.2) is 28.5 Å². The second kappa shape index (κ2) is 8.02. The summed E-state index contributed by atoms with van der Waals surface area (Å²) in [6.07, 6.45) is 5.96. The molecule has 6 nitrogen and oxygen atoms in total. The minimum atomic E-state index is -0.466. The number of benzene rings is 1. The van der Waals surface area contributed by atoms with Gasteiger partial charge >= 0.3 is 0 Å². The minimum Gasteiger partial charge on any atom is -0.476 e. The molecule has 0 radical (unpaired) electrons. The van der Waals surface area contributed by atoms with Crippen LogP contribution in [0.2, 0.25) is 0 Å². The minimum absolute atomic E-state index is 0.0280. The van der Waals surface area contributed by atoms with Gasteiger partial charge < -0.3 is 9.47 Å². The Morgan fingerprint density at radius 2 is 2.19 bits per heavy atom. The van der Waals surface area contributed by atoms with E-state index in [1.165, 1.54) is 30.0 Å². The van der Waals surface area contributed by atoms with Crippen molar-refractivity contribution in [1.29, 1.82) is 0 Å².